The molecule has 6 nitrogen and oxygen atoms in total. The van der Waals surface area contributed by atoms with Crippen molar-refractivity contribution in [1.82, 2.24) is 10.2 Å². The molecule has 0 radical (unpaired) electrons. The molecule has 0 aliphatic carbocycles. The lowest BCUT2D eigenvalue weighted by atomic mass is 10.1. The molecule has 1 aliphatic heterocycles. The van der Waals surface area contributed by atoms with Crippen molar-refractivity contribution in [1.29, 1.82) is 0 Å². The van der Waals surface area contributed by atoms with Crippen molar-refractivity contribution in [3.8, 4) is 11.5 Å². The van der Waals surface area contributed by atoms with E-state index in [0.717, 1.165) is 5.56 Å². The quantitative estimate of drug-likeness (QED) is 0.813. The Bertz CT molecular complexity index is 606. The zero-order valence-corrected chi connectivity index (χ0v) is 15.3. The van der Waals surface area contributed by atoms with Gasteiger partial charge in [-0.15, -0.1) is 11.8 Å². The van der Waals surface area contributed by atoms with Crippen LogP contribution in [-0.4, -0.2) is 49.8 Å². The fourth-order valence-electron chi connectivity index (χ4n) is 2.44. The summed E-state index contributed by atoms with van der Waals surface area (Å²) in [6, 6.07) is 5.48. The molecule has 0 saturated carbocycles. The van der Waals surface area contributed by atoms with Gasteiger partial charge in [-0.3, -0.25) is 9.59 Å². The molecular weight excluding hydrogens is 328 g/mol. The summed E-state index contributed by atoms with van der Waals surface area (Å²) in [5.41, 5.74) is 0.837. The maximum Gasteiger partial charge on any atom is 0.239 e. The van der Waals surface area contributed by atoms with E-state index in [1.165, 1.54) is 11.8 Å². The Balaban J connectivity index is 2.19. The average molecular weight is 352 g/mol. The highest BCUT2D eigenvalue weighted by Crippen LogP contribution is 2.43. The van der Waals surface area contributed by atoms with Crippen molar-refractivity contribution >= 4 is 23.6 Å². The van der Waals surface area contributed by atoms with Crippen molar-refractivity contribution in [2.45, 2.75) is 19.2 Å². The summed E-state index contributed by atoms with van der Waals surface area (Å²) in [6.45, 7) is 4.70. The molecular formula is C17H24N2O4S. The predicted molar refractivity (Wildman–Crippen MR) is 94.3 cm³/mol. The topological polar surface area (TPSA) is 67.9 Å². The van der Waals surface area contributed by atoms with Crippen molar-refractivity contribution in [2.75, 3.05) is 33.1 Å². The third-order valence-electron chi connectivity index (χ3n) is 3.69. The van der Waals surface area contributed by atoms with Crippen LogP contribution in [0.1, 0.15) is 24.8 Å². The van der Waals surface area contributed by atoms with Crippen LogP contribution in [0, 0.1) is 5.92 Å². The van der Waals surface area contributed by atoms with E-state index in [1.807, 2.05) is 32.0 Å². The third kappa shape index (κ3) is 4.35. The van der Waals surface area contributed by atoms with Gasteiger partial charge in [0.15, 0.2) is 0 Å². The fraction of sp³-hybridized carbons (Fsp3) is 0.529. The number of hydrogen-bond donors (Lipinski definition) is 1. The number of nitrogens with one attached hydrogen (secondary N) is 1. The van der Waals surface area contributed by atoms with E-state index in [1.54, 1.807) is 19.1 Å². The SMILES string of the molecule is COc1ccc(OC)c([C@H]2SCC(=O)N2CC(=O)NCC(C)C)c1. The Morgan fingerprint density at radius 1 is 1.38 bits per heavy atom. The molecule has 1 aromatic rings. The summed E-state index contributed by atoms with van der Waals surface area (Å²) in [7, 11) is 3.18. The second-order valence-corrected chi connectivity index (χ2v) is 7.06. The van der Waals surface area contributed by atoms with E-state index < -0.39 is 0 Å². The van der Waals surface area contributed by atoms with E-state index in [0.29, 0.717) is 29.7 Å². The fourth-order valence-corrected chi connectivity index (χ4v) is 3.65. The van der Waals surface area contributed by atoms with Gasteiger partial charge in [-0.05, 0) is 24.1 Å². The van der Waals surface area contributed by atoms with E-state index in [9.17, 15) is 9.59 Å². The summed E-state index contributed by atoms with van der Waals surface area (Å²) in [5, 5.41) is 2.60. The number of carbonyl (C=O) groups excluding carboxylic acids is 2. The van der Waals surface area contributed by atoms with E-state index in [2.05, 4.69) is 5.32 Å². The van der Waals surface area contributed by atoms with Gasteiger partial charge in [0.25, 0.3) is 0 Å². The third-order valence-corrected chi connectivity index (χ3v) is 4.93. The maximum atomic E-state index is 12.2. The molecule has 1 N–H and O–H groups in total. The molecule has 24 heavy (non-hydrogen) atoms. The molecule has 0 spiro atoms. The summed E-state index contributed by atoms with van der Waals surface area (Å²) in [6.07, 6.45) is 0. The van der Waals surface area contributed by atoms with Gasteiger partial charge >= 0.3 is 0 Å². The highest BCUT2D eigenvalue weighted by Gasteiger charge is 2.36. The normalized spacial score (nSPS) is 17.3. The first-order valence-corrected chi connectivity index (χ1v) is 8.90. The van der Waals surface area contributed by atoms with Crippen LogP contribution in [-0.2, 0) is 9.59 Å². The Kier molecular flexibility index (Phi) is 6.36. The van der Waals surface area contributed by atoms with Crippen LogP contribution in [0.4, 0.5) is 0 Å². The zero-order valence-electron chi connectivity index (χ0n) is 14.5. The molecule has 1 aliphatic rings. The largest absolute Gasteiger partial charge is 0.497 e. The van der Waals surface area contributed by atoms with Gasteiger partial charge in [0.1, 0.15) is 23.4 Å². The second-order valence-electron chi connectivity index (χ2n) is 5.99. The molecule has 2 rings (SSSR count). The summed E-state index contributed by atoms with van der Waals surface area (Å²) in [5.74, 6) is 1.89. The van der Waals surface area contributed by atoms with Crippen LogP contribution in [0.15, 0.2) is 18.2 Å². The number of thioether (sulfide) groups is 1. The Hall–Kier alpha value is -1.89. The molecule has 1 saturated heterocycles. The molecule has 0 unspecified atom stereocenters. The van der Waals surface area contributed by atoms with Crippen LogP contribution in [0.2, 0.25) is 0 Å². The smallest absolute Gasteiger partial charge is 0.239 e. The van der Waals surface area contributed by atoms with Crippen molar-refractivity contribution in [3.05, 3.63) is 23.8 Å². The van der Waals surface area contributed by atoms with Gasteiger partial charge in [-0.2, -0.15) is 0 Å². The number of methoxy groups -OCH3 is 2. The summed E-state index contributed by atoms with van der Waals surface area (Å²) in [4.78, 5) is 26.0. The molecule has 0 aromatic heterocycles. The minimum absolute atomic E-state index is 0.0452. The van der Waals surface area contributed by atoms with Crippen molar-refractivity contribution in [3.63, 3.8) is 0 Å². The lowest BCUT2D eigenvalue weighted by Gasteiger charge is -2.25. The van der Waals surface area contributed by atoms with Crippen LogP contribution in [0.5, 0.6) is 11.5 Å². The van der Waals surface area contributed by atoms with Gasteiger partial charge in [-0.1, -0.05) is 13.8 Å². The van der Waals surface area contributed by atoms with Gasteiger partial charge in [-0.25, -0.2) is 0 Å². The molecule has 2 amide bonds. The monoisotopic (exact) mass is 352 g/mol. The van der Waals surface area contributed by atoms with Crippen LogP contribution in [0.3, 0.4) is 0 Å². The lowest BCUT2D eigenvalue weighted by Crippen LogP contribution is -2.40. The molecule has 1 heterocycles. The predicted octanol–water partition coefficient (Wildman–Crippen LogP) is 2.05. The molecule has 1 aromatic carbocycles. The number of hydrogen-bond acceptors (Lipinski definition) is 5. The molecule has 1 atom stereocenters. The number of benzene rings is 1. The molecule has 7 heteroatoms. The van der Waals surface area contributed by atoms with Crippen LogP contribution < -0.4 is 14.8 Å². The van der Waals surface area contributed by atoms with E-state index in [-0.39, 0.29) is 23.7 Å². The Morgan fingerprint density at radius 2 is 2.12 bits per heavy atom. The number of nitrogens with zero attached hydrogens (tertiary/aromatic N) is 1. The van der Waals surface area contributed by atoms with Crippen molar-refractivity contribution < 1.29 is 19.1 Å². The van der Waals surface area contributed by atoms with E-state index >= 15 is 0 Å². The second kappa shape index (κ2) is 8.28. The number of carbonyl (C=O) groups is 2. The van der Waals surface area contributed by atoms with Crippen LogP contribution >= 0.6 is 11.8 Å². The first-order chi connectivity index (χ1) is 11.5. The first kappa shape index (κ1) is 18.4. The zero-order chi connectivity index (χ0) is 17.7. The lowest BCUT2D eigenvalue weighted by molar-refractivity contribution is -0.133. The molecule has 132 valence electrons. The minimum atomic E-state index is -0.257. The number of amides is 2. The minimum Gasteiger partial charge on any atom is -0.497 e. The van der Waals surface area contributed by atoms with Gasteiger partial charge in [0, 0.05) is 12.1 Å². The van der Waals surface area contributed by atoms with Crippen LogP contribution in [0.25, 0.3) is 0 Å². The number of rotatable bonds is 7. The molecule has 1 fully saturated rings. The summed E-state index contributed by atoms with van der Waals surface area (Å²) < 4.78 is 10.7. The molecule has 0 bridgehead atoms. The standard InChI is InChI=1S/C17H24N2O4S/c1-11(2)8-18-15(20)9-19-16(21)10-24-17(19)13-7-12(22-3)5-6-14(13)23-4/h5-7,11,17H,8-10H2,1-4H3,(H,18,20)/t17-/m1/s1. The Morgan fingerprint density at radius 3 is 2.75 bits per heavy atom. The first-order valence-electron chi connectivity index (χ1n) is 7.86. The van der Waals surface area contributed by atoms with Gasteiger partial charge in [0.05, 0.1) is 20.0 Å². The Labute approximate surface area is 146 Å². The highest BCUT2D eigenvalue weighted by atomic mass is 32.2. The van der Waals surface area contributed by atoms with Crippen molar-refractivity contribution in [2.24, 2.45) is 5.92 Å². The van der Waals surface area contributed by atoms with E-state index in [4.69, 9.17) is 9.47 Å². The average Bonchev–Trinajstić information content (AvgIpc) is 2.93. The van der Waals surface area contributed by atoms with Gasteiger partial charge < -0.3 is 19.7 Å². The maximum absolute atomic E-state index is 12.2. The summed E-state index contributed by atoms with van der Waals surface area (Å²) >= 11 is 1.49. The van der Waals surface area contributed by atoms with Gasteiger partial charge in [0.2, 0.25) is 11.8 Å². The number of ether oxygens (including phenoxy) is 2. The highest BCUT2D eigenvalue weighted by molar-refractivity contribution is 8.00.